The molecule has 8 heteroatoms. The van der Waals surface area contributed by atoms with E-state index >= 15 is 0 Å². The van der Waals surface area contributed by atoms with E-state index in [-0.39, 0.29) is 22.1 Å². The average Bonchev–Trinajstić information content (AvgIpc) is 2.98. The van der Waals surface area contributed by atoms with Crippen LogP contribution in [-0.2, 0) is 4.74 Å². The summed E-state index contributed by atoms with van der Waals surface area (Å²) >= 11 is 18.8. The Morgan fingerprint density at radius 2 is 2.20 bits per heavy atom. The molecular weight excluding hydrogens is 385 g/mol. The van der Waals surface area contributed by atoms with Crippen LogP contribution in [0.4, 0.5) is 5.82 Å². The predicted molar refractivity (Wildman–Crippen MR) is 102 cm³/mol. The minimum atomic E-state index is -0.195. The summed E-state index contributed by atoms with van der Waals surface area (Å²) in [6.45, 7) is 3.07. The molecule has 0 saturated carbocycles. The molecule has 0 radical (unpaired) electrons. The molecule has 1 aromatic rings. The summed E-state index contributed by atoms with van der Waals surface area (Å²) in [5.41, 5.74) is 1.81. The smallest absolute Gasteiger partial charge is 0.294 e. The van der Waals surface area contributed by atoms with E-state index in [0.29, 0.717) is 24.0 Å². The number of rotatable bonds is 5. The molecule has 0 spiro atoms. The summed E-state index contributed by atoms with van der Waals surface area (Å²) in [6, 6.07) is -0.0996. The molecule has 1 aliphatic carbocycles. The lowest BCUT2D eigenvalue weighted by atomic mass is 10.0. The van der Waals surface area contributed by atoms with Gasteiger partial charge in [-0.05, 0) is 30.9 Å². The zero-order valence-corrected chi connectivity index (χ0v) is 16.4. The van der Waals surface area contributed by atoms with Gasteiger partial charge in [-0.1, -0.05) is 30.1 Å². The van der Waals surface area contributed by atoms with Crippen LogP contribution in [0.25, 0.3) is 0 Å². The number of nitrogens with zero attached hydrogens (tertiary/aromatic N) is 3. The standard InChI is InChI=1S/C17H20Cl3N3O2/c1-3-12(9-25-2)23-8-14(20)21-16(17(23)24)22-5-4-10-6-11(18)7-13(19)15(10)22/h7-8,11-12H,3-6,9H2,1-2H3/t11?,12-/m0/s1. The highest BCUT2D eigenvalue weighted by molar-refractivity contribution is 6.34. The van der Waals surface area contributed by atoms with Gasteiger partial charge in [-0.25, -0.2) is 4.98 Å². The lowest BCUT2D eigenvalue weighted by Gasteiger charge is -2.25. The highest BCUT2D eigenvalue weighted by Crippen LogP contribution is 2.40. The Balaban J connectivity index is 2.06. The summed E-state index contributed by atoms with van der Waals surface area (Å²) in [5.74, 6) is 0.298. The Kier molecular flexibility index (Phi) is 5.78. The Morgan fingerprint density at radius 3 is 2.88 bits per heavy atom. The first-order valence-corrected chi connectivity index (χ1v) is 9.44. The highest BCUT2D eigenvalue weighted by atomic mass is 35.5. The number of anilines is 1. The quantitative estimate of drug-likeness (QED) is 0.693. The number of aromatic nitrogens is 2. The van der Waals surface area contributed by atoms with E-state index in [1.54, 1.807) is 17.9 Å². The molecule has 0 saturated heterocycles. The molecular formula is C17H20Cl3N3O2. The predicted octanol–water partition coefficient (Wildman–Crippen LogP) is 4.09. The fraction of sp³-hybridized carbons (Fsp3) is 0.529. The number of methoxy groups -OCH3 is 1. The van der Waals surface area contributed by atoms with Gasteiger partial charge in [-0.15, -0.1) is 11.6 Å². The van der Waals surface area contributed by atoms with Crippen LogP contribution < -0.4 is 10.5 Å². The minimum Gasteiger partial charge on any atom is -0.383 e. The van der Waals surface area contributed by atoms with Gasteiger partial charge < -0.3 is 14.2 Å². The van der Waals surface area contributed by atoms with Crippen molar-refractivity contribution < 1.29 is 4.74 Å². The summed E-state index contributed by atoms with van der Waals surface area (Å²) in [4.78, 5) is 19.2. The van der Waals surface area contributed by atoms with Crippen molar-refractivity contribution in [1.82, 2.24) is 9.55 Å². The Bertz CT molecular complexity index is 788. The van der Waals surface area contributed by atoms with Crippen molar-refractivity contribution in [2.45, 2.75) is 37.6 Å². The molecule has 0 aromatic carbocycles. The van der Waals surface area contributed by atoms with Gasteiger partial charge in [0.25, 0.3) is 5.56 Å². The van der Waals surface area contributed by atoms with Gasteiger partial charge in [0.05, 0.1) is 28.8 Å². The number of allylic oxidation sites excluding steroid dienone is 2. The lowest BCUT2D eigenvalue weighted by molar-refractivity contribution is 0.151. The SMILES string of the molecule is CC[C@@H](COC)n1cc(Cl)nc(N2CCC3=C2C(Cl)=CC(Cl)C3)c1=O. The van der Waals surface area contributed by atoms with E-state index in [2.05, 4.69) is 4.98 Å². The monoisotopic (exact) mass is 403 g/mol. The van der Waals surface area contributed by atoms with E-state index in [1.165, 1.54) is 0 Å². The van der Waals surface area contributed by atoms with Crippen molar-refractivity contribution in [3.63, 3.8) is 0 Å². The van der Waals surface area contributed by atoms with Gasteiger partial charge in [-0.2, -0.15) is 0 Å². The first-order chi connectivity index (χ1) is 12.0. The van der Waals surface area contributed by atoms with Crippen molar-refractivity contribution in [3.05, 3.63) is 44.1 Å². The normalized spacial score (nSPS) is 21.4. The average molecular weight is 405 g/mol. The second-order valence-corrected chi connectivity index (χ2v) is 7.56. The zero-order valence-electron chi connectivity index (χ0n) is 14.1. The van der Waals surface area contributed by atoms with Crippen LogP contribution in [0.5, 0.6) is 0 Å². The van der Waals surface area contributed by atoms with Gasteiger partial charge >= 0.3 is 0 Å². The zero-order chi connectivity index (χ0) is 18.1. The van der Waals surface area contributed by atoms with E-state index in [0.717, 1.165) is 30.5 Å². The second-order valence-electron chi connectivity index (χ2n) is 6.21. The van der Waals surface area contributed by atoms with Crippen molar-refractivity contribution >= 4 is 40.6 Å². The third-order valence-electron chi connectivity index (χ3n) is 4.60. The van der Waals surface area contributed by atoms with Gasteiger partial charge in [0.15, 0.2) is 0 Å². The van der Waals surface area contributed by atoms with Crippen LogP contribution in [0, 0.1) is 0 Å². The third-order valence-corrected chi connectivity index (χ3v) is 5.37. The molecule has 136 valence electrons. The molecule has 0 bridgehead atoms. The van der Waals surface area contributed by atoms with Crippen LogP contribution in [-0.4, -0.2) is 35.2 Å². The molecule has 0 fully saturated rings. The molecule has 1 unspecified atom stereocenters. The topological polar surface area (TPSA) is 47.4 Å². The molecule has 2 atom stereocenters. The fourth-order valence-electron chi connectivity index (χ4n) is 3.41. The molecule has 2 heterocycles. The van der Waals surface area contributed by atoms with Crippen molar-refractivity contribution in [2.75, 3.05) is 25.2 Å². The summed E-state index contributed by atoms with van der Waals surface area (Å²) < 4.78 is 6.84. The highest BCUT2D eigenvalue weighted by Gasteiger charge is 2.33. The maximum Gasteiger partial charge on any atom is 0.294 e. The van der Waals surface area contributed by atoms with Crippen molar-refractivity contribution in [3.8, 4) is 0 Å². The van der Waals surface area contributed by atoms with Crippen LogP contribution >= 0.6 is 34.8 Å². The van der Waals surface area contributed by atoms with Crippen LogP contribution in [0.15, 0.2) is 33.4 Å². The number of hydrogen-bond donors (Lipinski definition) is 0. The molecule has 2 aliphatic rings. The summed E-state index contributed by atoms with van der Waals surface area (Å²) in [5, 5.41) is 0.723. The fourth-order valence-corrected chi connectivity index (χ4v) is 4.36. The third kappa shape index (κ3) is 3.61. The summed E-state index contributed by atoms with van der Waals surface area (Å²) in [7, 11) is 1.62. The Hall–Kier alpha value is -1.01. The van der Waals surface area contributed by atoms with E-state index < -0.39 is 0 Å². The first-order valence-electron chi connectivity index (χ1n) is 8.25. The van der Waals surface area contributed by atoms with E-state index in [1.807, 2.05) is 17.9 Å². The van der Waals surface area contributed by atoms with E-state index in [4.69, 9.17) is 39.5 Å². The van der Waals surface area contributed by atoms with Crippen LogP contribution in [0.2, 0.25) is 5.15 Å². The molecule has 25 heavy (non-hydrogen) atoms. The number of hydrogen-bond acceptors (Lipinski definition) is 4. The molecule has 0 N–H and O–H groups in total. The number of ether oxygens (including phenoxy) is 1. The number of halogens is 3. The largest absolute Gasteiger partial charge is 0.383 e. The second kappa shape index (κ2) is 7.70. The number of alkyl halides is 1. The van der Waals surface area contributed by atoms with Crippen LogP contribution in [0.3, 0.4) is 0 Å². The molecule has 5 nitrogen and oxygen atoms in total. The maximum absolute atomic E-state index is 13.1. The molecule has 1 aliphatic heterocycles. The van der Waals surface area contributed by atoms with Crippen molar-refractivity contribution in [2.24, 2.45) is 0 Å². The summed E-state index contributed by atoms with van der Waals surface area (Å²) in [6.07, 6.45) is 5.67. The maximum atomic E-state index is 13.1. The van der Waals surface area contributed by atoms with E-state index in [9.17, 15) is 4.79 Å². The van der Waals surface area contributed by atoms with Gasteiger partial charge in [0.2, 0.25) is 5.82 Å². The van der Waals surface area contributed by atoms with Gasteiger partial charge in [0, 0.05) is 19.9 Å². The Labute approximate surface area is 161 Å². The minimum absolute atomic E-state index is 0.0996. The van der Waals surface area contributed by atoms with Crippen LogP contribution in [0.1, 0.15) is 32.2 Å². The van der Waals surface area contributed by atoms with Crippen molar-refractivity contribution in [1.29, 1.82) is 0 Å². The first kappa shape index (κ1) is 18.8. The van der Waals surface area contributed by atoms with Gasteiger partial charge in [-0.3, -0.25) is 4.79 Å². The van der Waals surface area contributed by atoms with Gasteiger partial charge in [0.1, 0.15) is 5.15 Å². The Morgan fingerprint density at radius 1 is 1.44 bits per heavy atom. The molecule has 1 aromatic heterocycles. The lowest BCUT2D eigenvalue weighted by Crippen LogP contribution is -2.34. The molecule has 3 rings (SSSR count). The molecule has 0 amide bonds.